The van der Waals surface area contributed by atoms with Crippen LogP contribution in [-0.2, 0) is 4.74 Å². The van der Waals surface area contributed by atoms with Gasteiger partial charge in [0.1, 0.15) is 0 Å². The van der Waals surface area contributed by atoms with E-state index in [-0.39, 0.29) is 5.60 Å². The van der Waals surface area contributed by atoms with E-state index in [0.29, 0.717) is 5.41 Å². The summed E-state index contributed by atoms with van der Waals surface area (Å²) in [6, 6.07) is 0. The molecular formula is C12H23NO. The number of ether oxygens (including phenoxy) is 1. The topological polar surface area (TPSA) is 21.3 Å². The molecule has 3 fully saturated rings. The molecule has 0 aromatic carbocycles. The lowest BCUT2D eigenvalue weighted by Gasteiger charge is -2.51. The Bertz CT molecular complexity index is 178. The van der Waals surface area contributed by atoms with Crippen LogP contribution < -0.4 is 5.32 Å². The molecule has 1 N–H and O–H groups in total. The molecule has 0 heterocycles. The molecular weight excluding hydrogens is 174 g/mol. The zero-order chi connectivity index (χ0) is 10.1. The maximum atomic E-state index is 6.08. The van der Waals surface area contributed by atoms with Crippen LogP contribution in [0.15, 0.2) is 0 Å². The smallest absolute Gasteiger partial charge is 0.0683 e. The third kappa shape index (κ3) is 1.96. The lowest BCUT2D eigenvalue weighted by Crippen LogP contribution is -2.47. The van der Waals surface area contributed by atoms with Crippen molar-refractivity contribution in [2.75, 3.05) is 20.2 Å². The van der Waals surface area contributed by atoms with Crippen molar-refractivity contribution in [3.8, 4) is 0 Å². The van der Waals surface area contributed by atoms with E-state index in [0.717, 1.165) is 13.2 Å². The molecule has 3 aliphatic carbocycles. The highest BCUT2D eigenvalue weighted by Gasteiger charge is 2.46. The zero-order valence-electron chi connectivity index (χ0n) is 9.57. The highest BCUT2D eigenvalue weighted by Crippen LogP contribution is 2.53. The first-order valence-electron chi connectivity index (χ1n) is 5.97. The predicted octanol–water partition coefficient (Wildman–Crippen LogP) is 2.34. The van der Waals surface area contributed by atoms with Crippen LogP contribution in [-0.4, -0.2) is 25.8 Å². The molecule has 3 rings (SSSR count). The molecule has 0 unspecified atom stereocenters. The first-order chi connectivity index (χ1) is 6.68. The molecule has 0 atom stereocenters. The van der Waals surface area contributed by atoms with Crippen molar-refractivity contribution in [1.82, 2.24) is 5.32 Å². The number of rotatable bonds is 4. The molecule has 2 heteroatoms. The van der Waals surface area contributed by atoms with E-state index in [1.165, 1.54) is 38.5 Å². The highest BCUT2D eigenvalue weighted by molar-refractivity contribution is 4.98. The zero-order valence-corrected chi connectivity index (χ0v) is 9.57. The van der Waals surface area contributed by atoms with Crippen molar-refractivity contribution >= 4 is 0 Å². The molecule has 3 aliphatic rings. The molecule has 0 aromatic heterocycles. The van der Waals surface area contributed by atoms with E-state index >= 15 is 0 Å². The number of hydrogen-bond acceptors (Lipinski definition) is 2. The van der Waals surface area contributed by atoms with Gasteiger partial charge in [0, 0.05) is 6.54 Å². The van der Waals surface area contributed by atoms with Crippen molar-refractivity contribution < 1.29 is 4.74 Å². The van der Waals surface area contributed by atoms with E-state index in [2.05, 4.69) is 12.2 Å². The van der Waals surface area contributed by atoms with Crippen LogP contribution in [0.1, 0.15) is 45.4 Å². The Hall–Kier alpha value is -0.0800. The second-order valence-corrected chi connectivity index (χ2v) is 5.45. The summed E-state index contributed by atoms with van der Waals surface area (Å²) in [7, 11) is 1.99. The second-order valence-electron chi connectivity index (χ2n) is 5.45. The molecule has 2 bridgehead atoms. The van der Waals surface area contributed by atoms with Crippen molar-refractivity contribution in [2.24, 2.45) is 5.41 Å². The third-order valence-electron chi connectivity index (χ3n) is 4.31. The van der Waals surface area contributed by atoms with Crippen molar-refractivity contribution in [1.29, 1.82) is 0 Å². The molecule has 0 amide bonds. The molecule has 14 heavy (non-hydrogen) atoms. The van der Waals surface area contributed by atoms with E-state index in [4.69, 9.17) is 4.74 Å². The molecule has 0 radical (unpaired) electrons. The van der Waals surface area contributed by atoms with Crippen LogP contribution >= 0.6 is 0 Å². The number of likely N-dealkylation sites (N-methyl/N-ethyl adjacent to an activating group) is 1. The maximum Gasteiger partial charge on any atom is 0.0683 e. The molecule has 0 saturated heterocycles. The van der Waals surface area contributed by atoms with Gasteiger partial charge in [-0.3, -0.25) is 0 Å². The fourth-order valence-corrected chi connectivity index (χ4v) is 2.92. The van der Waals surface area contributed by atoms with Gasteiger partial charge in [-0.05, 0) is 51.0 Å². The summed E-state index contributed by atoms with van der Waals surface area (Å²) in [5.41, 5.74) is 0.933. The van der Waals surface area contributed by atoms with Gasteiger partial charge in [0.2, 0.25) is 0 Å². The molecule has 3 saturated carbocycles. The second kappa shape index (κ2) is 3.82. The van der Waals surface area contributed by atoms with Gasteiger partial charge in [-0.25, -0.2) is 0 Å². The van der Waals surface area contributed by atoms with E-state index in [1.54, 1.807) is 0 Å². The van der Waals surface area contributed by atoms with Crippen LogP contribution in [0.4, 0.5) is 0 Å². The lowest BCUT2D eigenvalue weighted by molar-refractivity contribution is -0.130. The van der Waals surface area contributed by atoms with Crippen LogP contribution in [0.3, 0.4) is 0 Å². The molecule has 0 aliphatic heterocycles. The van der Waals surface area contributed by atoms with Crippen LogP contribution in [0.2, 0.25) is 0 Å². The maximum absolute atomic E-state index is 6.08. The van der Waals surface area contributed by atoms with Gasteiger partial charge in [-0.1, -0.05) is 6.92 Å². The largest absolute Gasteiger partial charge is 0.374 e. The van der Waals surface area contributed by atoms with Gasteiger partial charge in [0.15, 0.2) is 0 Å². The van der Waals surface area contributed by atoms with Crippen molar-refractivity contribution in [3.63, 3.8) is 0 Å². The van der Waals surface area contributed by atoms with Gasteiger partial charge >= 0.3 is 0 Å². The monoisotopic (exact) mass is 197 g/mol. The number of hydrogen-bond donors (Lipinski definition) is 1. The highest BCUT2D eigenvalue weighted by atomic mass is 16.5. The summed E-state index contributed by atoms with van der Waals surface area (Å²) in [5, 5.41) is 3.14. The van der Waals surface area contributed by atoms with Crippen LogP contribution in [0.5, 0.6) is 0 Å². The van der Waals surface area contributed by atoms with Gasteiger partial charge in [0.05, 0.1) is 12.2 Å². The number of nitrogens with one attached hydrogen (secondary N) is 1. The molecule has 0 aromatic rings. The lowest BCUT2D eigenvalue weighted by atomic mass is 9.59. The summed E-state index contributed by atoms with van der Waals surface area (Å²) < 4.78 is 6.08. The summed E-state index contributed by atoms with van der Waals surface area (Å²) in [5.74, 6) is 0. The van der Waals surface area contributed by atoms with E-state index in [9.17, 15) is 0 Å². The Morgan fingerprint density at radius 2 is 1.64 bits per heavy atom. The number of fused-ring (bicyclic) bond motifs is 3. The minimum atomic E-state index is 0.272. The average Bonchev–Trinajstić information content (AvgIpc) is 2.21. The third-order valence-corrected chi connectivity index (χ3v) is 4.31. The molecule has 0 spiro atoms. The Labute approximate surface area is 87.4 Å². The first kappa shape index (κ1) is 10.4. The summed E-state index contributed by atoms with van der Waals surface area (Å²) in [4.78, 5) is 0. The molecule has 2 nitrogen and oxygen atoms in total. The Morgan fingerprint density at radius 3 is 2.14 bits per heavy atom. The Morgan fingerprint density at radius 1 is 1.07 bits per heavy atom. The summed E-state index contributed by atoms with van der Waals surface area (Å²) in [6.07, 6.45) is 8.04. The normalized spacial score (nSPS) is 41.6. The van der Waals surface area contributed by atoms with E-state index in [1.807, 2.05) is 7.05 Å². The van der Waals surface area contributed by atoms with Gasteiger partial charge < -0.3 is 10.1 Å². The van der Waals surface area contributed by atoms with Crippen LogP contribution in [0.25, 0.3) is 0 Å². The fraction of sp³-hybridized carbons (Fsp3) is 1.00. The predicted molar refractivity (Wildman–Crippen MR) is 58.4 cm³/mol. The standard InChI is InChI=1S/C12H23NO/c1-11-3-6-12(7-4-11,8-5-11)14-10-9-13-2/h13H,3-10H2,1-2H3. The van der Waals surface area contributed by atoms with Gasteiger partial charge in [0.25, 0.3) is 0 Å². The van der Waals surface area contributed by atoms with Crippen molar-refractivity contribution in [3.05, 3.63) is 0 Å². The van der Waals surface area contributed by atoms with E-state index < -0.39 is 0 Å². The van der Waals surface area contributed by atoms with Gasteiger partial charge in [-0.15, -0.1) is 0 Å². The fourth-order valence-electron chi connectivity index (χ4n) is 2.92. The Balaban J connectivity index is 1.85. The SMILES string of the molecule is CNCCOC12CCC(C)(CC1)CC2. The Kier molecular flexibility index (Phi) is 2.85. The van der Waals surface area contributed by atoms with Crippen molar-refractivity contribution in [2.45, 2.75) is 51.0 Å². The quantitative estimate of drug-likeness (QED) is 0.698. The average molecular weight is 197 g/mol. The van der Waals surface area contributed by atoms with Crippen LogP contribution in [0, 0.1) is 5.41 Å². The van der Waals surface area contributed by atoms with Gasteiger partial charge in [-0.2, -0.15) is 0 Å². The minimum Gasteiger partial charge on any atom is -0.374 e. The minimum absolute atomic E-state index is 0.272. The summed E-state index contributed by atoms with van der Waals surface area (Å²) in [6.45, 7) is 4.32. The summed E-state index contributed by atoms with van der Waals surface area (Å²) >= 11 is 0. The first-order valence-corrected chi connectivity index (χ1v) is 5.97. The molecule has 82 valence electrons.